The van der Waals surface area contributed by atoms with Crippen LogP contribution in [-0.2, 0) is 5.75 Å². The summed E-state index contributed by atoms with van der Waals surface area (Å²) in [5, 5.41) is 17.3. The van der Waals surface area contributed by atoms with E-state index in [-0.39, 0.29) is 12.1 Å². The first kappa shape index (κ1) is 13.9. The summed E-state index contributed by atoms with van der Waals surface area (Å²) in [6, 6.07) is 7.61. The summed E-state index contributed by atoms with van der Waals surface area (Å²) < 4.78 is 5.23. The Kier molecular flexibility index (Phi) is 4.26. The summed E-state index contributed by atoms with van der Waals surface area (Å²) in [5.41, 5.74) is 0. The van der Waals surface area contributed by atoms with Crippen molar-refractivity contribution in [3.63, 3.8) is 0 Å². The van der Waals surface area contributed by atoms with Crippen molar-refractivity contribution >= 4 is 23.4 Å². The molecule has 0 bridgehead atoms. The summed E-state index contributed by atoms with van der Waals surface area (Å²) in [5.74, 6) is 1.82. The lowest BCUT2D eigenvalue weighted by Crippen LogP contribution is -2.15. The fourth-order valence-electron chi connectivity index (χ4n) is 2.08. The molecule has 0 saturated carbocycles. The van der Waals surface area contributed by atoms with Gasteiger partial charge in [-0.25, -0.2) is 0 Å². The van der Waals surface area contributed by atoms with E-state index in [4.69, 9.17) is 16.1 Å². The van der Waals surface area contributed by atoms with Gasteiger partial charge in [-0.1, -0.05) is 22.8 Å². The first-order valence-corrected chi connectivity index (χ1v) is 7.69. The maximum atomic E-state index is 9.48. The number of β-amino-alcohol motifs (C(OH)–C–C–N with tert-alkyl or cyclic N) is 1. The number of halogens is 1. The van der Waals surface area contributed by atoms with Crippen molar-refractivity contribution in [2.45, 2.75) is 29.2 Å². The number of aliphatic hydroxyl groups is 1. The van der Waals surface area contributed by atoms with Gasteiger partial charge in [-0.2, -0.15) is 4.98 Å². The number of nitrogens with one attached hydrogen (secondary N) is 1. The predicted octanol–water partition coefficient (Wildman–Crippen LogP) is 2.41. The molecule has 1 aromatic carbocycles. The highest BCUT2D eigenvalue weighted by Crippen LogP contribution is 2.26. The lowest BCUT2D eigenvalue weighted by atomic mass is 10.2. The van der Waals surface area contributed by atoms with Gasteiger partial charge in [0.05, 0.1) is 17.9 Å². The highest BCUT2D eigenvalue weighted by atomic mass is 35.5. The molecule has 2 atom stereocenters. The molecule has 5 nitrogen and oxygen atoms in total. The maximum Gasteiger partial charge on any atom is 0.243 e. The second-order valence-corrected chi connectivity index (χ2v) is 6.13. The van der Waals surface area contributed by atoms with E-state index in [2.05, 4.69) is 15.5 Å². The Balaban J connectivity index is 1.60. The summed E-state index contributed by atoms with van der Waals surface area (Å²) >= 11 is 7.54. The van der Waals surface area contributed by atoms with Crippen LogP contribution in [0.1, 0.15) is 24.2 Å². The van der Waals surface area contributed by atoms with E-state index in [1.807, 2.05) is 24.3 Å². The minimum atomic E-state index is -0.337. The topological polar surface area (TPSA) is 71.2 Å². The SMILES string of the molecule is OC1CNC(c2nc(CSc3cccc(Cl)c3)no2)C1. The molecule has 1 saturated heterocycles. The molecular weight excluding hydrogens is 298 g/mol. The third kappa shape index (κ3) is 3.32. The molecule has 1 aromatic heterocycles. The first-order chi connectivity index (χ1) is 9.70. The Bertz CT molecular complexity index is 593. The average molecular weight is 312 g/mol. The lowest BCUT2D eigenvalue weighted by molar-refractivity contribution is 0.191. The first-order valence-electron chi connectivity index (χ1n) is 6.33. The Morgan fingerprint density at radius 3 is 3.15 bits per heavy atom. The fourth-order valence-corrected chi connectivity index (χ4v) is 3.13. The zero-order chi connectivity index (χ0) is 13.9. The van der Waals surface area contributed by atoms with E-state index in [1.165, 1.54) is 0 Å². The van der Waals surface area contributed by atoms with Gasteiger partial charge in [-0.05, 0) is 24.6 Å². The largest absolute Gasteiger partial charge is 0.392 e. The zero-order valence-electron chi connectivity index (χ0n) is 10.6. The second-order valence-electron chi connectivity index (χ2n) is 4.65. The van der Waals surface area contributed by atoms with Crippen LogP contribution in [0.15, 0.2) is 33.7 Å². The number of nitrogens with zero attached hydrogens (tertiary/aromatic N) is 2. The highest BCUT2D eigenvalue weighted by molar-refractivity contribution is 7.98. The van der Waals surface area contributed by atoms with Gasteiger partial charge in [-0.3, -0.25) is 0 Å². The molecule has 0 spiro atoms. The predicted molar refractivity (Wildman–Crippen MR) is 76.7 cm³/mol. The average Bonchev–Trinajstić information content (AvgIpc) is 3.05. The van der Waals surface area contributed by atoms with E-state index in [9.17, 15) is 5.11 Å². The molecule has 2 aromatic rings. The molecule has 2 unspecified atom stereocenters. The van der Waals surface area contributed by atoms with Gasteiger partial charge in [0, 0.05) is 16.5 Å². The third-order valence-electron chi connectivity index (χ3n) is 3.05. The third-order valence-corrected chi connectivity index (χ3v) is 4.28. The van der Waals surface area contributed by atoms with E-state index in [0.29, 0.717) is 35.5 Å². The van der Waals surface area contributed by atoms with Crippen LogP contribution in [-0.4, -0.2) is 27.9 Å². The lowest BCUT2D eigenvalue weighted by Gasteiger charge is -2.01. The summed E-state index contributed by atoms with van der Waals surface area (Å²) in [4.78, 5) is 5.43. The van der Waals surface area contributed by atoms with Gasteiger partial charge >= 0.3 is 0 Å². The van der Waals surface area contributed by atoms with Crippen molar-refractivity contribution in [1.29, 1.82) is 0 Å². The molecule has 20 heavy (non-hydrogen) atoms. The molecular formula is C13H14ClN3O2S. The number of rotatable bonds is 4. The molecule has 1 aliphatic heterocycles. The molecule has 1 aliphatic rings. The van der Waals surface area contributed by atoms with Crippen molar-refractivity contribution < 1.29 is 9.63 Å². The summed E-state index contributed by atoms with van der Waals surface area (Å²) in [6.07, 6.45) is 0.277. The Morgan fingerprint density at radius 2 is 2.40 bits per heavy atom. The van der Waals surface area contributed by atoms with Crippen molar-refractivity contribution in [2.24, 2.45) is 0 Å². The number of thioether (sulfide) groups is 1. The van der Waals surface area contributed by atoms with Gasteiger partial charge < -0.3 is 14.9 Å². The summed E-state index contributed by atoms with van der Waals surface area (Å²) in [6.45, 7) is 0.569. The number of hydrogen-bond donors (Lipinski definition) is 2. The number of hydrogen-bond acceptors (Lipinski definition) is 6. The molecule has 7 heteroatoms. The van der Waals surface area contributed by atoms with Crippen LogP contribution in [0.25, 0.3) is 0 Å². The van der Waals surface area contributed by atoms with Crippen LogP contribution < -0.4 is 5.32 Å². The second kappa shape index (κ2) is 6.13. The van der Waals surface area contributed by atoms with Crippen LogP contribution in [0, 0.1) is 0 Å². The molecule has 0 aliphatic carbocycles. The van der Waals surface area contributed by atoms with Crippen LogP contribution in [0.2, 0.25) is 5.02 Å². The standard InChI is InChI=1S/C13H14ClN3O2S/c14-8-2-1-3-10(4-8)20-7-12-16-13(19-17-12)11-5-9(18)6-15-11/h1-4,9,11,15,18H,5-7H2. The maximum absolute atomic E-state index is 9.48. The molecule has 2 heterocycles. The van der Waals surface area contributed by atoms with Gasteiger partial charge in [0.1, 0.15) is 0 Å². The Hall–Kier alpha value is -1.08. The van der Waals surface area contributed by atoms with Crippen LogP contribution >= 0.6 is 23.4 Å². The van der Waals surface area contributed by atoms with Crippen LogP contribution in [0.5, 0.6) is 0 Å². The molecule has 1 fully saturated rings. The van der Waals surface area contributed by atoms with Gasteiger partial charge in [0.25, 0.3) is 0 Å². The van der Waals surface area contributed by atoms with E-state index in [0.717, 1.165) is 4.90 Å². The number of aromatic nitrogens is 2. The van der Waals surface area contributed by atoms with Crippen molar-refractivity contribution in [3.8, 4) is 0 Å². The number of aliphatic hydroxyl groups excluding tert-OH is 1. The van der Waals surface area contributed by atoms with Crippen molar-refractivity contribution in [2.75, 3.05) is 6.54 Å². The monoisotopic (exact) mass is 311 g/mol. The minimum Gasteiger partial charge on any atom is -0.392 e. The van der Waals surface area contributed by atoms with Crippen molar-refractivity contribution in [3.05, 3.63) is 41.0 Å². The minimum absolute atomic E-state index is 0.0394. The molecule has 0 amide bonds. The zero-order valence-corrected chi connectivity index (χ0v) is 12.2. The molecule has 106 valence electrons. The molecule has 3 rings (SSSR count). The quantitative estimate of drug-likeness (QED) is 0.845. The van der Waals surface area contributed by atoms with E-state index >= 15 is 0 Å². The van der Waals surface area contributed by atoms with Gasteiger partial charge in [0.2, 0.25) is 5.89 Å². The van der Waals surface area contributed by atoms with Gasteiger partial charge in [-0.15, -0.1) is 11.8 Å². The van der Waals surface area contributed by atoms with Crippen LogP contribution in [0.4, 0.5) is 0 Å². The van der Waals surface area contributed by atoms with Crippen LogP contribution in [0.3, 0.4) is 0 Å². The van der Waals surface area contributed by atoms with Gasteiger partial charge in [0.15, 0.2) is 5.82 Å². The normalized spacial score (nSPS) is 22.3. The van der Waals surface area contributed by atoms with E-state index < -0.39 is 0 Å². The summed E-state index contributed by atoms with van der Waals surface area (Å²) in [7, 11) is 0. The van der Waals surface area contributed by atoms with Crippen molar-refractivity contribution in [1.82, 2.24) is 15.5 Å². The molecule has 2 N–H and O–H groups in total. The molecule has 0 radical (unpaired) electrons. The smallest absolute Gasteiger partial charge is 0.243 e. The Morgan fingerprint density at radius 1 is 1.50 bits per heavy atom. The Labute approximate surface area is 125 Å². The van der Waals surface area contributed by atoms with E-state index in [1.54, 1.807) is 11.8 Å². The number of benzene rings is 1. The fraction of sp³-hybridized carbons (Fsp3) is 0.385. The highest BCUT2D eigenvalue weighted by Gasteiger charge is 2.27.